The average Bonchev–Trinajstić information content (AvgIpc) is 3.03. The maximum absolute atomic E-state index is 14.2. The number of benzene rings is 2. The number of aromatic nitrogens is 2. The molecule has 4 aromatic rings. The van der Waals surface area contributed by atoms with E-state index < -0.39 is 11.7 Å². The van der Waals surface area contributed by atoms with Gasteiger partial charge in [0.2, 0.25) is 5.91 Å². The summed E-state index contributed by atoms with van der Waals surface area (Å²) >= 11 is 0. The summed E-state index contributed by atoms with van der Waals surface area (Å²) in [5, 5.41) is 3.72. The molecule has 43 heavy (non-hydrogen) atoms. The summed E-state index contributed by atoms with van der Waals surface area (Å²) in [6.07, 6.45) is 3.15. The molecule has 10 heteroatoms. The minimum absolute atomic E-state index is 0.0910. The number of carbonyl (C=O) groups excluding carboxylic acids is 2. The minimum Gasteiger partial charge on any atom is -0.490 e. The van der Waals surface area contributed by atoms with Crippen LogP contribution in [-0.4, -0.2) is 59.0 Å². The number of ether oxygens (including phenoxy) is 2. The maximum Gasteiger partial charge on any atom is 0.274 e. The standard InChI is InChI=1S/C33H34FN5O4/c1-22-7-5-11-28(40)38-15-17-39(18-16-38)32-26-10-6-14-35-29(26)31(42-21-23-8-3-2-4-9-23)30(37-32)33(41)36-20-24-12-13-25(34)19-27(24)43-22/h2-4,6,8-10,12-14,19,22H,5,7,11,15-18,20-21H2,1H3,(H,36,41). The van der Waals surface area contributed by atoms with Gasteiger partial charge in [0.1, 0.15) is 29.5 Å². The number of carbonyl (C=O) groups is 2. The number of hydrogen-bond donors (Lipinski definition) is 1. The van der Waals surface area contributed by atoms with Crippen molar-refractivity contribution >= 4 is 28.5 Å². The summed E-state index contributed by atoms with van der Waals surface area (Å²) in [4.78, 5) is 40.4. The minimum atomic E-state index is -0.449. The van der Waals surface area contributed by atoms with Crippen LogP contribution in [0.5, 0.6) is 11.5 Å². The van der Waals surface area contributed by atoms with E-state index in [1.165, 1.54) is 12.1 Å². The molecule has 3 aliphatic heterocycles. The van der Waals surface area contributed by atoms with Gasteiger partial charge in [-0.15, -0.1) is 0 Å². The molecule has 1 atom stereocenters. The van der Waals surface area contributed by atoms with E-state index in [0.717, 1.165) is 10.9 Å². The van der Waals surface area contributed by atoms with Gasteiger partial charge in [0, 0.05) is 62.4 Å². The normalized spacial score (nSPS) is 18.0. The number of nitrogens with zero attached hydrogens (tertiary/aromatic N) is 4. The van der Waals surface area contributed by atoms with Crippen LogP contribution in [0.4, 0.5) is 10.2 Å². The fourth-order valence-corrected chi connectivity index (χ4v) is 5.54. The molecule has 2 aromatic carbocycles. The third-order valence-corrected chi connectivity index (χ3v) is 7.87. The van der Waals surface area contributed by atoms with Gasteiger partial charge >= 0.3 is 0 Å². The molecule has 0 aliphatic carbocycles. The molecule has 1 saturated heterocycles. The fourth-order valence-electron chi connectivity index (χ4n) is 5.54. The summed E-state index contributed by atoms with van der Waals surface area (Å²) < 4.78 is 26.6. The SMILES string of the molecule is CC1CCCC(=O)N2CCN(CC2)c2nc(c(OCc3ccccc3)c3ncccc23)C(=O)NCc2ccc(F)cc2O1. The Labute approximate surface area is 249 Å². The molecule has 4 bridgehead atoms. The van der Waals surface area contributed by atoms with Crippen LogP contribution in [-0.2, 0) is 17.9 Å². The molecule has 2 aromatic heterocycles. The Morgan fingerprint density at radius 1 is 1.02 bits per heavy atom. The first-order valence-corrected chi connectivity index (χ1v) is 14.7. The van der Waals surface area contributed by atoms with Crippen LogP contribution >= 0.6 is 0 Å². The summed E-state index contributed by atoms with van der Waals surface area (Å²) in [6.45, 7) is 4.47. The molecular formula is C33H34FN5O4. The predicted molar refractivity (Wildman–Crippen MR) is 161 cm³/mol. The molecule has 1 fully saturated rings. The quantitative estimate of drug-likeness (QED) is 0.367. The van der Waals surface area contributed by atoms with Crippen molar-refractivity contribution in [2.24, 2.45) is 0 Å². The number of hydrogen-bond acceptors (Lipinski definition) is 7. The zero-order valence-corrected chi connectivity index (χ0v) is 24.1. The van der Waals surface area contributed by atoms with Gasteiger partial charge < -0.3 is 24.6 Å². The highest BCUT2D eigenvalue weighted by Crippen LogP contribution is 2.35. The second-order valence-corrected chi connectivity index (χ2v) is 10.9. The highest BCUT2D eigenvalue weighted by atomic mass is 19.1. The topological polar surface area (TPSA) is 96.9 Å². The van der Waals surface area contributed by atoms with E-state index in [9.17, 15) is 14.0 Å². The molecule has 0 spiro atoms. The monoisotopic (exact) mass is 583 g/mol. The van der Waals surface area contributed by atoms with Crippen LogP contribution in [0.25, 0.3) is 10.9 Å². The zero-order valence-electron chi connectivity index (χ0n) is 24.1. The Bertz CT molecular complexity index is 1620. The molecule has 1 unspecified atom stereocenters. The van der Waals surface area contributed by atoms with Gasteiger partial charge in [-0.05, 0) is 43.5 Å². The number of piperazine rings is 1. The Balaban J connectivity index is 1.41. The van der Waals surface area contributed by atoms with E-state index >= 15 is 0 Å². The van der Waals surface area contributed by atoms with E-state index in [-0.39, 0.29) is 36.6 Å². The van der Waals surface area contributed by atoms with Crippen molar-refractivity contribution in [3.63, 3.8) is 0 Å². The molecule has 0 radical (unpaired) electrons. The van der Waals surface area contributed by atoms with Crippen molar-refractivity contribution in [3.05, 3.63) is 89.5 Å². The Kier molecular flexibility index (Phi) is 8.35. The van der Waals surface area contributed by atoms with Crippen LogP contribution < -0.4 is 19.7 Å². The molecule has 9 nitrogen and oxygen atoms in total. The Morgan fingerprint density at radius 3 is 2.63 bits per heavy atom. The molecular weight excluding hydrogens is 549 g/mol. The van der Waals surface area contributed by atoms with Crippen molar-refractivity contribution < 1.29 is 23.5 Å². The van der Waals surface area contributed by atoms with Gasteiger partial charge in [-0.2, -0.15) is 0 Å². The van der Waals surface area contributed by atoms with Gasteiger partial charge in [0.25, 0.3) is 5.91 Å². The van der Waals surface area contributed by atoms with E-state index in [1.807, 2.05) is 54.3 Å². The second-order valence-electron chi connectivity index (χ2n) is 10.9. The third-order valence-electron chi connectivity index (χ3n) is 7.87. The Morgan fingerprint density at radius 2 is 1.81 bits per heavy atom. The summed E-state index contributed by atoms with van der Waals surface area (Å²) in [7, 11) is 0. The molecule has 3 aliphatic rings. The summed E-state index contributed by atoms with van der Waals surface area (Å²) in [5.74, 6) is 0.472. The lowest BCUT2D eigenvalue weighted by atomic mass is 10.1. The first kappa shape index (κ1) is 28.4. The van der Waals surface area contributed by atoms with Crippen LogP contribution in [0.1, 0.15) is 47.8 Å². The second kappa shape index (κ2) is 12.6. The first-order valence-electron chi connectivity index (χ1n) is 14.7. The van der Waals surface area contributed by atoms with E-state index in [2.05, 4.69) is 15.2 Å². The summed E-state index contributed by atoms with van der Waals surface area (Å²) in [6, 6.07) is 17.7. The van der Waals surface area contributed by atoms with Gasteiger partial charge in [-0.3, -0.25) is 14.6 Å². The zero-order chi connectivity index (χ0) is 29.8. The maximum atomic E-state index is 14.2. The van der Waals surface area contributed by atoms with Crippen molar-refractivity contribution in [2.75, 3.05) is 31.1 Å². The first-order chi connectivity index (χ1) is 21.0. The van der Waals surface area contributed by atoms with E-state index in [0.29, 0.717) is 68.1 Å². The lowest BCUT2D eigenvalue weighted by Crippen LogP contribution is -2.49. The Hall–Kier alpha value is -4.73. The highest BCUT2D eigenvalue weighted by Gasteiger charge is 2.28. The number of anilines is 1. The van der Waals surface area contributed by atoms with Crippen LogP contribution in [0.3, 0.4) is 0 Å². The van der Waals surface area contributed by atoms with E-state index in [1.54, 1.807) is 12.3 Å². The fraction of sp³-hybridized carbons (Fsp3) is 0.333. The molecule has 1 N–H and O–H groups in total. The number of fused-ring (bicyclic) bond motifs is 10. The van der Waals surface area contributed by atoms with E-state index in [4.69, 9.17) is 14.5 Å². The van der Waals surface area contributed by atoms with Crippen molar-refractivity contribution in [1.82, 2.24) is 20.2 Å². The lowest BCUT2D eigenvalue weighted by molar-refractivity contribution is -0.131. The predicted octanol–water partition coefficient (Wildman–Crippen LogP) is 4.88. The third kappa shape index (κ3) is 6.38. The highest BCUT2D eigenvalue weighted by molar-refractivity contribution is 6.04. The number of amides is 2. The van der Waals surface area contributed by atoms with Crippen LogP contribution in [0, 0.1) is 5.82 Å². The number of pyridine rings is 2. The van der Waals surface area contributed by atoms with Gasteiger partial charge in [-0.25, -0.2) is 9.37 Å². The van der Waals surface area contributed by atoms with Crippen molar-refractivity contribution in [2.45, 2.75) is 45.4 Å². The van der Waals surface area contributed by atoms with Crippen LogP contribution in [0.15, 0.2) is 66.9 Å². The number of rotatable bonds is 3. The molecule has 7 rings (SSSR count). The number of halogens is 1. The van der Waals surface area contributed by atoms with Crippen LogP contribution in [0.2, 0.25) is 0 Å². The van der Waals surface area contributed by atoms with Gasteiger partial charge in [0.15, 0.2) is 11.4 Å². The van der Waals surface area contributed by atoms with Crippen molar-refractivity contribution in [1.29, 1.82) is 0 Å². The smallest absolute Gasteiger partial charge is 0.274 e. The van der Waals surface area contributed by atoms with Gasteiger partial charge in [0.05, 0.1) is 6.10 Å². The largest absolute Gasteiger partial charge is 0.490 e. The summed E-state index contributed by atoms with van der Waals surface area (Å²) in [5.41, 5.74) is 2.20. The van der Waals surface area contributed by atoms with Gasteiger partial charge in [-0.1, -0.05) is 36.4 Å². The molecule has 0 saturated carbocycles. The number of nitrogens with one attached hydrogen (secondary N) is 1. The molecule has 5 heterocycles. The van der Waals surface area contributed by atoms with Crippen molar-refractivity contribution in [3.8, 4) is 11.5 Å². The molecule has 2 amide bonds. The average molecular weight is 584 g/mol. The lowest BCUT2D eigenvalue weighted by Gasteiger charge is -2.36. The molecule has 222 valence electrons.